The first-order chi connectivity index (χ1) is 15.0. The number of nitrogens with one attached hydrogen (secondary N) is 2. The molecule has 1 aliphatic heterocycles. The van der Waals surface area contributed by atoms with E-state index >= 15 is 0 Å². The zero-order valence-corrected chi connectivity index (χ0v) is 19.0. The molecule has 0 saturated carbocycles. The minimum Gasteiger partial charge on any atom is -0.495 e. The molecule has 1 fully saturated rings. The van der Waals surface area contributed by atoms with E-state index in [0.717, 1.165) is 48.9 Å². The molecule has 1 atom stereocenters. The summed E-state index contributed by atoms with van der Waals surface area (Å²) in [5.74, 6) is 1.49. The summed E-state index contributed by atoms with van der Waals surface area (Å²) in [4.78, 5) is 8.71. The van der Waals surface area contributed by atoms with Gasteiger partial charge in [0.1, 0.15) is 11.6 Å². The lowest BCUT2D eigenvalue weighted by atomic mass is 10.0. The van der Waals surface area contributed by atoms with Crippen molar-refractivity contribution in [2.45, 2.75) is 32.0 Å². The number of rotatable bonds is 7. The SMILES string of the molecule is CN=C(NCc1ccc(F)c(CN(C)C)c1)NC1CCCN(c2ccccc2OC)C1. The fourth-order valence-electron chi connectivity index (χ4n) is 3.98. The molecule has 2 aromatic rings. The van der Waals surface area contributed by atoms with Crippen LogP contribution in [0.2, 0.25) is 0 Å². The van der Waals surface area contributed by atoms with Crippen molar-refractivity contribution in [2.75, 3.05) is 46.2 Å². The Hall–Kier alpha value is -2.80. The van der Waals surface area contributed by atoms with Gasteiger partial charge in [-0.15, -0.1) is 0 Å². The molecule has 2 aromatic carbocycles. The molecule has 1 heterocycles. The van der Waals surface area contributed by atoms with Crippen LogP contribution < -0.4 is 20.3 Å². The number of methoxy groups -OCH3 is 1. The Kier molecular flexibility index (Phi) is 8.12. The first-order valence-electron chi connectivity index (χ1n) is 10.8. The summed E-state index contributed by atoms with van der Waals surface area (Å²) in [5, 5.41) is 6.92. The van der Waals surface area contributed by atoms with Crippen LogP contribution in [0.25, 0.3) is 0 Å². The van der Waals surface area contributed by atoms with Crippen LogP contribution in [-0.4, -0.2) is 58.2 Å². The van der Waals surface area contributed by atoms with Crippen molar-refractivity contribution in [3.63, 3.8) is 0 Å². The molecular formula is C24H34FN5O. The van der Waals surface area contributed by atoms with Crippen LogP contribution in [-0.2, 0) is 13.1 Å². The number of piperidine rings is 1. The summed E-state index contributed by atoms with van der Waals surface area (Å²) >= 11 is 0. The highest BCUT2D eigenvalue weighted by atomic mass is 19.1. The second kappa shape index (κ2) is 11.0. The smallest absolute Gasteiger partial charge is 0.191 e. The Morgan fingerprint density at radius 3 is 2.81 bits per heavy atom. The second-order valence-corrected chi connectivity index (χ2v) is 8.19. The predicted molar refractivity (Wildman–Crippen MR) is 125 cm³/mol. The van der Waals surface area contributed by atoms with Gasteiger partial charge in [-0.1, -0.05) is 18.2 Å². The van der Waals surface area contributed by atoms with Gasteiger partial charge >= 0.3 is 0 Å². The highest BCUT2D eigenvalue weighted by molar-refractivity contribution is 5.80. The number of ether oxygens (including phenoxy) is 1. The van der Waals surface area contributed by atoms with Crippen LogP contribution in [0.1, 0.15) is 24.0 Å². The van der Waals surface area contributed by atoms with Crippen molar-refractivity contribution in [2.24, 2.45) is 4.99 Å². The summed E-state index contributed by atoms with van der Waals surface area (Å²) in [6.45, 7) is 3.05. The Labute approximate surface area is 185 Å². The fourth-order valence-corrected chi connectivity index (χ4v) is 3.98. The van der Waals surface area contributed by atoms with E-state index in [-0.39, 0.29) is 11.9 Å². The van der Waals surface area contributed by atoms with Crippen LogP contribution in [0, 0.1) is 5.82 Å². The molecule has 1 saturated heterocycles. The van der Waals surface area contributed by atoms with E-state index in [4.69, 9.17) is 4.74 Å². The molecule has 31 heavy (non-hydrogen) atoms. The zero-order chi connectivity index (χ0) is 22.2. The number of para-hydroxylation sites is 2. The normalized spacial score (nSPS) is 17.0. The van der Waals surface area contributed by atoms with Gasteiger partial charge in [-0.3, -0.25) is 4.99 Å². The topological polar surface area (TPSA) is 52.1 Å². The van der Waals surface area contributed by atoms with Gasteiger partial charge in [-0.05, 0) is 56.8 Å². The van der Waals surface area contributed by atoms with Gasteiger partial charge in [0.15, 0.2) is 5.96 Å². The maximum Gasteiger partial charge on any atom is 0.191 e. The van der Waals surface area contributed by atoms with Crippen molar-refractivity contribution in [3.05, 3.63) is 59.4 Å². The molecule has 0 amide bonds. The highest BCUT2D eigenvalue weighted by Gasteiger charge is 2.22. The van der Waals surface area contributed by atoms with E-state index in [1.807, 2.05) is 49.3 Å². The highest BCUT2D eigenvalue weighted by Crippen LogP contribution is 2.29. The number of anilines is 1. The number of guanidine groups is 1. The van der Waals surface area contributed by atoms with Gasteiger partial charge in [-0.2, -0.15) is 0 Å². The lowest BCUT2D eigenvalue weighted by Gasteiger charge is -2.36. The van der Waals surface area contributed by atoms with Crippen molar-refractivity contribution < 1.29 is 9.13 Å². The minimum atomic E-state index is -0.168. The summed E-state index contributed by atoms with van der Waals surface area (Å²) in [5.41, 5.74) is 2.85. The number of benzene rings is 2. The van der Waals surface area contributed by atoms with E-state index < -0.39 is 0 Å². The van der Waals surface area contributed by atoms with Crippen LogP contribution in [0.4, 0.5) is 10.1 Å². The lowest BCUT2D eigenvalue weighted by Crippen LogP contribution is -2.51. The van der Waals surface area contributed by atoms with E-state index in [2.05, 4.69) is 26.6 Å². The number of nitrogens with zero attached hydrogens (tertiary/aromatic N) is 3. The van der Waals surface area contributed by atoms with Crippen LogP contribution in [0.5, 0.6) is 5.75 Å². The van der Waals surface area contributed by atoms with E-state index in [1.165, 1.54) is 6.07 Å². The molecular weight excluding hydrogens is 393 g/mol. The molecule has 1 unspecified atom stereocenters. The summed E-state index contributed by atoms with van der Waals surface area (Å²) in [6.07, 6.45) is 2.18. The number of aliphatic imine (C=N–C) groups is 1. The molecule has 6 nitrogen and oxygen atoms in total. The Morgan fingerprint density at radius 1 is 1.26 bits per heavy atom. The van der Waals surface area contributed by atoms with Crippen LogP contribution >= 0.6 is 0 Å². The van der Waals surface area contributed by atoms with Gasteiger partial charge in [0.2, 0.25) is 0 Å². The van der Waals surface area contributed by atoms with Gasteiger partial charge in [0.25, 0.3) is 0 Å². The third-order valence-corrected chi connectivity index (χ3v) is 5.47. The molecule has 0 bridgehead atoms. The maximum absolute atomic E-state index is 14.0. The van der Waals surface area contributed by atoms with Crippen molar-refractivity contribution in [3.8, 4) is 5.75 Å². The van der Waals surface area contributed by atoms with Gasteiger partial charge < -0.3 is 25.2 Å². The molecule has 0 aromatic heterocycles. The van der Waals surface area contributed by atoms with Crippen molar-refractivity contribution >= 4 is 11.6 Å². The van der Waals surface area contributed by atoms with Gasteiger partial charge in [-0.25, -0.2) is 4.39 Å². The summed E-state index contributed by atoms with van der Waals surface area (Å²) in [6, 6.07) is 13.7. The Bertz CT molecular complexity index is 886. The third kappa shape index (κ3) is 6.34. The lowest BCUT2D eigenvalue weighted by molar-refractivity contribution is 0.392. The number of hydrogen-bond donors (Lipinski definition) is 2. The maximum atomic E-state index is 14.0. The second-order valence-electron chi connectivity index (χ2n) is 8.19. The first-order valence-corrected chi connectivity index (χ1v) is 10.8. The summed E-state index contributed by atoms with van der Waals surface area (Å²) < 4.78 is 19.6. The quantitative estimate of drug-likeness (QED) is 0.525. The first kappa shape index (κ1) is 22.9. The van der Waals surface area contributed by atoms with E-state index in [1.54, 1.807) is 14.2 Å². The molecule has 0 radical (unpaired) electrons. The number of halogens is 1. The van der Waals surface area contributed by atoms with Gasteiger partial charge in [0.05, 0.1) is 12.8 Å². The molecule has 0 spiro atoms. The molecule has 7 heteroatoms. The largest absolute Gasteiger partial charge is 0.495 e. The van der Waals surface area contributed by atoms with E-state index in [9.17, 15) is 4.39 Å². The van der Waals surface area contributed by atoms with Crippen LogP contribution in [0.15, 0.2) is 47.5 Å². The Balaban J connectivity index is 1.59. The average Bonchev–Trinajstić information content (AvgIpc) is 2.78. The average molecular weight is 428 g/mol. The van der Waals surface area contributed by atoms with Crippen LogP contribution in [0.3, 0.4) is 0 Å². The molecule has 1 aliphatic rings. The fraction of sp³-hybridized carbons (Fsp3) is 0.458. The molecule has 3 rings (SSSR count). The van der Waals surface area contributed by atoms with Gasteiger partial charge in [0, 0.05) is 44.8 Å². The number of hydrogen-bond acceptors (Lipinski definition) is 4. The Morgan fingerprint density at radius 2 is 2.06 bits per heavy atom. The summed E-state index contributed by atoms with van der Waals surface area (Å²) in [7, 11) is 7.37. The van der Waals surface area contributed by atoms with E-state index in [0.29, 0.717) is 18.7 Å². The monoisotopic (exact) mass is 427 g/mol. The molecule has 2 N–H and O–H groups in total. The standard InChI is InChI=1S/C24H34FN5O/c1-26-24(27-15-18-11-12-21(25)19(14-18)16-29(2)3)28-20-8-7-13-30(17-20)22-9-5-6-10-23(22)31-4/h5-6,9-12,14,20H,7-8,13,15-17H2,1-4H3,(H2,26,27,28). The zero-order valence-electron chi connectivity index (χ0n) is 19.0. The predicted octanol–water partition coefficient (Wildman–Crippen LogP) is 3.23. The molecule has 168 valence electrons. The van der Waals surface area contributed by atoms with Crippen molar-refractivity contribution in [1.82, 2.24) is 15.5 Å². The van der Waals surface area contributed by atoms with Crippen molar-refractivity contribution in [1.29, 1.82) is 0 Å². The molecule has 0 aliphatic carbocycles. The third-order valence-electron chi connectivity index (χ3n) is 5.47. The minimum absolute atomic E-state index is 0.168.